The lowest BCUT2D eigenvalue weighted by Gasteiger charge is -2.25. The molecule has 0 N–H and O–H groups in total. The van der Waals surface area contributed by atoms with E-state index in [0.29, 0.717) is 19.5 Å². The highest BCUT2D eigenvalue weighted by Crippen LogP contribution is 2.33. The molecule has 1 aromatic heterocycles. The highest BCUT2D eigenvalue weighted by atomic mass is 19.4. The fourth-order valence-corrected chi connectivity index (χ4v) is 3.33. The molecule has 1 amide bonds. The van der Waals surface area contributed by atoms with Gasteiger partial charge >= 0.3 is 6.18 Å². The second-order valence-electron chi connectivity index (χ2n) is 6.80. The summed E-state index contributed by atoms with van der Waals surface area (Å²) in [6.07, 6.45) is -0.909. The van der Waals surface area contributed by atoms with Gasteiger partial charge in [-0.25, -0.2) is 9.07 Å². The van der Waals surface area contributed by atoms with Gasteiger partial charge in [0.05, 0.1) is 17.4 Å². The van der Waals surface area contributed by atoms with Gasteiger partial charge in [0.25, 0.3) is 5.91 Å². The second kappa shape index (κ2) is 7.74. The van der Waals surface area contributed by atoms with Crippen LogP contribution in [0.25, 0.3) is 11.3 Å². The summed E-state index contributed by atoms with van der Waals surface area (Å²) in [6, 6.07) is 11.1. The molecule has 1 aliphatic heterocycles. The van der Waals surface area contributed by atoms with Crippen LogP contribution in [-0.4, -0.2) is 38.9 Å². The zero-order valence-corrected chi connectivity index (χ0v) is 15.6. The van der Waals surface area contributed by atoms with Crippen LogP contribution < -0.4 is 0 Å². The molecule has 0 unspecified atom stereocenters. The molecule has 0 saturated heterocycles. The predicted octanol–water partition coefficient (Wildman–Crippen LogP) is 4.35. The maximum atomic E-state index is 13.2. The second-order valence-corrected chi connectivity index (χ2v) is 6.80. The molecule has 30 heavy (non-hydrogen) atoms. The molecule has 3 aromatic rings. The molecule has 4 rings (SSSR count). The average molecular weight is 416 g/mol. The smallest absolute Gasteiger partial charge is 0.333 e. The highest BCUT2D eigenvalue weighted by Gasteiger charge is 2.34. The number of hydrogen-bond acceptors (Lipinski definition) is 3. The molecule has 0 bridgehead atoms. The molecular weight excluding hydrogens is 400 g/mol. The van der Waals surface area contributed by atoms with Gasteiger partial charge in [0, 0.05) is 13.1 Å². The molecule has 0 spiro atoms. The number of rotatable bonds is 3. The first-order valence-corrected chi connectivity index (χ1v) is 9.16. The Morgan fingerprint density at radius 2 is 1.77 bits per heavy atom. The summed E-state index contributed by atoms with van der Waals surface area (Å²) in [4.78, 5) is 14.3. The lowest BCUT2D eigenvalue weighted by molar-refractivity contribution is -0.137. The predicted molar refractivity (Wildman–Crippen MR) is 101 cm³/mol. The molecule has 5 nitrogen and oxygen atoms in total. The number of aromatic nitrogens is 3. The van der Waals surface area contributed by atoms with Crippen LogP contribution in [0.3, 0.4) is 0 Å². The quantitative estimate of drug-likeness (QED) is 0.597. The van der Waals surface area contributed by atoms with Crippen LogP contribution in [0.5, 0.6) is 0 Å². The Hall–Kier alpha value is -3.49. The first-order valence-electron chi connectivity index (χ1n) is 9.16. The van der Waals surface area contributed by atoms with E-state index in [2.05, 4.69) is 10.3 Å². The number of hydrogen-bond donors (Lipinski definition) is 0. The van der Waals surface area contributed by atoms with Crippen molar-refractivity contribution in [1.82, 2.24) is 19.9 Å². The van der Waals surface area contributed by atoms with Crippen molar-refractivity contribution < 1.29 is 22.4 Å². The number of carbonyl (C=O) groups is 1. The van der Waals surface area contributed by atoms with Gasteiger partial charge in [-0.15, -0.1) is 5.10 Å². The summed E-state index contributed by atoms with van der Waals surface area (Å²) >= 11 is 0. The summed E-state index contributed by atoms with van der Waals surface area (Å²) in [5, 5.41) is 7.49. The van der Waals surface area contributed by atoms with Gasteiger partial charge in [0.1, 0.15) is 5.82 Å². The van der Waals surface area contributed by atoms with Gasteiger partial charge in [0.15, 0.2) is 5.69 Å². The maximum Gasteiger partial charge on any atom is 0.418 e. The van der Waals surface area contributed by atoms with E-state index in [1.54, 1.807) is 12.1 Å². The Morgan fingerprint density at radius 3 is 2.43 bits per heavy atom. The van der Waals surface area contributed by atoms with Gasteiger partial charge in [0.2, 0.25) is 0 Å². The molecule has 1 aliphatic rings. The first-order chi connectivity index (χ1) is 14.3. The number of carbonyl (C=O) groups excluding carboxylic acids is 1. The highest BCUT2D eigenvalue weighted by molar-refractivity contribution is 5.92. The molecule has 0 fully saturated rings. The van der Waals surface area contributed by atoms with Crippen molar-refractivity contribution in [3.63, 3.8) is 0 Å². The SMILES string of the molecule is O=C(c1cn(-c2ccccc2C(F)(F)F)nn1)N1CC=C(c2ccc(F)cc2)CC1. The van der Waals surface area contributed by atoms with Gasteiger partial charge in [-0.05, 0) is 41.8 Å². The topological polar surface area (TPSA) is 51.0 Å². The fraction of sp³-hybridized carbons (Fsp3) is 0.190. The Kier molecular flexibility index (Phi) is 5.11. The van der Waals surface area contributed by atoms with Gasteiger partial charge < -0.3 is 4.90 Å². The molecule has 0 radical (unpaired) electrons. The van der Waals surface area contributed by atoms with Crippen molar-refractivity contribution in [2.75, 3.05) is 13.1 Å². The standard InChI is InChI=1S/C21H16F4N4O/c22-16-7-5-14(6-8-16)15-9-11-28(12-10-15)20(30)18-13-29(27-26-18)19-4-2-1-3-17(19)21(23,24)25/h1-9,13H,10-12H2. The minimum Gasteiger partial charge on any atom is -0.333 e. The Morgan fingerprint density at radius 1 is 1.03 bits per heavy atom. The minimum atomic E-state index is -4.55. The molecular formula is C21H16F4N4O. The van der Waals surface area contributed by atoms with E-state index in [1.807, 2.05) is 6.08 Å². The third kappa shape index (κ3) is 3.96. The van der Waals surface area contributed by atoms with Gasteiger partial charge in [-0.3, -0.25) is 4.79 Å². The van der Waals surface area contributed by atoms with Crippen molar-refractivity contribution in [2.24, 2.45) is 0 Å². The molecule has 9 heteroatoms. The van der Waals surface area contributed by atoms with Crippen LogP contribution in [0.1, 0.15) is 28.0 Å². The normalized spacial score (nSPS) is 14.5. The summed E-state index contributed by atoms with van der Waals surface area (Å²) in [6.45, 7) is 0.728. The number of halogens is 4. The van der Waals surface area contributed by atoms with Crippen molar-refractivity contribution >= 4 is 11.5 Å². The lowest BCUT2D eigenvalue weighted by atomic mass is 9.99. The molecule has 154 valence electrons. The van der Waals surface area contributed by atoms with E-state index >= 15 is 0 Å². The number of amides is 1. The Balaban J connectivity index is 1.51. The molecule has 2 aromatic carbocycles. The van der Waals surface area contributed by atoms with Crippen LogP contribution in [0, 0.1) is 5.82 Å². The van der Waals surface area contributed by atoms with E-state index in [0.717, 1.165) is 21.9 Å². The summed E-state index contributed by atoms with van der Waals surface area (Å²) < 4.78 is 53.7. The summed E-state index contributed by atoms with van der Waals surface area (Å²) in [5.74, 6) is -0.734. The van der Waals surface area contributed by atoms with Crippen molar-refractivity contribution in [3.8, 4) is 5.69 Å². The monoisotopic (exact) mass is 416 g/mol. The maximum absolute atomic E-state index is 13.2. The van der Waals surface area contributed by atoms with Crippen LogP contribution in [0.4, 0.5) is 17.6 Å². The summed E-state index contributed by atoms with van der Waals surface area (Å²) in [7, 11) is 0. The van der Waals surface area contributed by atoms with Crippen LogP contribution >= 0.6 is 0 Å². The first kappa shape index (κ1) is 19.8. The number of benzene rings is 2. The Bertz CT molecular complexity index is 1100. The lowest BCUT2D eigenvalue weighted by Crippen LogP contribution is -2.34. The Labute approximate surface area is 169 Å². The van der Waals surface area contributed by atoms with E-state index in [4.69, 9.17) is 0 Å². The largest absolute Gasteiger partial charge is 0.418 e. The third-order valence-electron chi connectivity index (χ3n) is 4.88. The van der Waals surface area contributed by atoms with E-state index in [-0.39, 0.29) is 17.2 Å². The van der Waals surface area contributed by atoms with Gasteiger partial charge in [-0.2, -0.15) is 13.2 Å². The molecule has 2 heterocycles. The number of para-hydroxylation sites is 1. The zero-order chi connectivity index (χ0) is 21.3. The molecule has 0 aliphatic carbocycles. The average Bonchev–Trinajstić information content (AvgIpc) is 3.23. The number of alkyl halides is 3. The van der Waals surface area contributed by atoms with Crippen LogP contribution in [0.15, 0.2) is 60.8 Å². The summed E-state index contributed by atoms with van der Waals surface area (Å²) in [5.41, 5.74) is 0.790. The fourth-order valence-electron chi connectivity index (χ4n) is 3.33. The number of nitrogens with zero attached hydrogens (tertiary/aromatic N) is 4. The molecule has 0 saturated carbocycles. The third-order valence-corrected chi connectivity index (χ3v) is 4.88. The van der Waals surface area contributed by atoms with Crippen LogP contribution in [-0.2, 0) is 6.18 Å². The van der Waals surface area contributed by atoms with Gasteiger partial charge in [-0.1, -0.05) is 35.6 Å². The van der Waals surface area contributed by atoms with Crippen LogP contribution in [0.2, 0.25) is 0 Å². The molecule has 0 atom stereocenters. The van der Waals surface area contributed by atoms with E-state index in [9.17, 15) is 22.4 Å². The van der Waals surface area contributed by atoms with E-state index < -0.39 is 17.6 Å². The van der Waals surface area contributed by atoms with Crippen molar-refractivity contribution in [1.29, 1.82) is 0 Å². The zero-order valence-electron chi connectivity index (χ0n) is 15.6. The minimum absolute atomic E-state index is 0.0365. The van der Waals surface area contributed by atoms with Crippen molar-refractivity contribution in [2.45, 2.75) is 12.6 Å². The van der Waals surface area contributed by atoms with E-state index in [1.165, 1.54) is 41.4 Å². The van der Waals surface area contributed by atoms with Crippen molar-refractivity contribution in [3.05, 3.63) is 83.4 Å².